The van der Waals surface area contributed by atoms with E-state index in [0.29, 0.717) is 22.9 Å². The number of carbonyl (C=O) groups is 4. The highest BCUT2D eigenvalue weighted by Crippen LogP contribution is 2.23. The van der Waals surface area contributed by atoms with E-state index in [1.807, 2.05) is 5.32 Å². The molecule has 1 aliphatic heterocycles. The van der Waals surface area contributed by atoms with Crippen molar-refractivity contribution in [3.05, 3.63) is 70.9 Å². The van der Waals surface area contributed by atoms with Gasteiger partial charge in [-0.1, -0.05) is 12.1 Å². The number of hydrogen-bond acceptors (Lipinski definition) is 8. The van der Waals surface area contributed by atoms with Crippen molar-refractivity contribution in [3.63, 3.8) is 0 Å². The van der Waals surface area contributed by atoms with Crippen LogP contribution in [0.25, 0.3) is 0 Å². The lowest BCUT2D eigenvalue weighted by Gasteiger charge is -2.05. The van der Waals surface area contributed by atoms with Gasteiger partial charge in [0.15, 0.2) is 0 Å². The Balaban J connectivity index is 1.67. The summed E-state index contributed by atoms with van der Waals surface area (Å²) in [7, 11) is 0. The summed E-state index contributed by atoms with van der Waals surface area (Å²) in [5.74, 6) is -1.76. The topological polar surface area (TPSA) is 127 Å². The fraction of sp³-hybridized carbons (Fsp3) is 0. The normalized spacial score (nSPS) is 14.9. The number of rotatable bonds is 5. The van der Waals surface area contributed by atoms with Crippen LogP contribution in [0.5, 0.6) is 5.75 Å². The lowest BCUT2D eigenvalue weighted by molar-refractivity contribution is -0.129. The van der Waals surface area contributed by atoms with Gasteiger partial charge in [-0.2, -0.15) is 5.10 Å². The van der Waals surface area contributed by atoms with Crippen LogP contribution in [0.4, 0.5) is 4.79 Å². The molecule has 0 spiro atoms. The molecule has 1 aliphatic rings. The van der Waals surface area contributed by atoms with E-state index in [-0.39, 0.29) is 10.7 Å². The first kappa shape index (κ1) is 19.0. The monoisotopic (exact) mass is 396 g/mol. The van der Waals surface area contributed by atoms with Crippen LogP contribution < -0.4 is 15.5 Å². The second kappa shape index (κ2) is 8.73. The van der Waals surface area contributed by atoms with Crippen LogP contribution in [-0.4, -0.2) is 34.2 Å². The zero-order valence-corrected chi connectivity index (χ0v) is 14.9. The molecule has 1 aromatic carbocycles. The smallest absolute Gasteiger partial charge is 0.337 e. The van der Waals surface area contributed by atoms with Crippen LogP contribution in [0.3, 0.4) is 0 Å². The number of benzene rings is 1. The molecule has 1 fully saturated rings. The first-order chi connectivity index (χ1) is 13.5. The number of para-hydroxylation sites is 1. The van der Waals surface area contributed by atoms with E-state index >= 15 is 0 Å². The number of imide groups is 1. The van der Waals surface area contributed by atoms with E-state index in [0.717, 1.165) is 6.08 Å². The second-order valence-electron chi connectivity index (χ2n) is 5.25. The van der Waals surface area contributed by atoms with E-state index in [1.165, 1.54) is 18.5 Å². The molecular formula is C18H12N4O5S. The number of esters is 1. The lowest BCUT2D eigenvalue weighted by atomic mass is 10.2. The molecule has 3 amide bonds. The number of aromatic nitrogens is 1. The molecule has 0 radical (unpaired) electrons. The molecular weight excluding hydrogens is 384 g/mol. The summed E-state index contributed by atoms with van der Waals surface area (Å²) in [5, 5.41) is 5.33. The average Bonchev–Trinajstić information content (AvgIpc) is 3.00. The minimum absolute atomic E-state index is 0.0510. The third kappa shape index (κ3) is 4.89. The van der Waals surface area contributed by atoms with Crippen LogP contribution in [0.1, 0.15) is 15.9 Å². The highest BCUT2D eigenvalue weighted by molar-refractivity contribution is 8.18. The van der Waals surface area contributed by atoms with E-state index in [9.17, 15) is 19.2 Å². The molecule has 1 saturated heterocycles. The van der Waals surface area contributed by atoms with Crippen LogP contribution in [0.2, 0.25) is 0 Å². The minimum atomic E-state index is -0.826. The molecule has 140 valence electrons. The van der Waals surface area contributed by atoms with Crippen molar-refractivity contribution < 1.29 is 23.9 Å². The molecule has 2 N–H and O–H groups in total. The lowest BCUT2D eigenvalue weighted by Crippen LogP contribution is -2.18. The highest BCUT2D eigenvalue weighted by atomic mass is 32.2. The number of thioether (sulfide) groups is 1. The highest BCUT2D eigenvalue weighted by Gasteiger charge is 2.26. The Bertz CT molecular complexity index is 1000. The van der Waals surface area contributed by atoms with E-state index in [4.69, 9.17) is 4.74 Å². The molecule has 1 aromatic heterocycles. The maximum atomic E-state index is 12.0. The molecule has 9 nitrogen and oxygen atoms in total. The zero-order chi connectivity index (χ0) is 19.9. The quantitative estimate of drug-likeness (QED) is 0.258. The molecule has 0 unspecified atom stereocenters. The zero-order valence-electron chi connectivity index (χ0n) is 14.1. The number of hydrazone groups is 1. The molecule has 28 heavy (non-hydrogen) atoms. The Morgan fingerprint density at radius 2 is 2.00 bits per heavy atom. The fourth-order valence-corrected chi connectivity index (χ4v) is 2.71. The molecule has 2 aromatic rings. The Labute approximate surface area is 162 Å². The summed E-state index contributed by atoms with van der Waals surface area (Å²) >= 11 is 0.614. The third-order valence-electron chi connectivity index (χ3n) is 3.31. The van der Waals surface area contributed by atoms with Gasteiger partial charge in [0.25, 0.3) is 17.1 Å². The van der Waals surface area contributed by atoms with Gasteiger partial charge >= 0.3 is 5.97 Å². The number of ether oxygens (including phenoxy) is 1. The van der Waals surface area contributed by atoms with Gasteiger partial charge in [0.2, 0.25) is 0 Å². The Morgan fingerprint density at radius 1 is 1.18 bits per heavy atom. The van der Waals surface area contributed by atoms with Crippen LogP contribution >= 0.6 is 11.8 Å². The molecule has 3 rings (SSSR count). The Morgan fingerprint density at radius 3 is 2.71 bits per heavy atom. The van der Waals surface area contributed by atoms with Crippen molar-refractivity contribution in [1.82, 2.24) is 15.7 Å². The van der Waals surface area contributed by atoms with Crippen molar-refractivity contribution in [2.24, 2.45) is 5.10 Å². The minimum Gasteiger partial charge on any atom is -0.423 e. The maximum Gasteiger partial charge on any atom is 0.337 e. The van der Waals surface area contributed by atoms with Gasteiger partial charge in [-0.25, -0.2) is 10.2 Å². The standard InChI is InChI=1S/C18H12N4O5S/c23-15(8-14-17(25)21-18(26)28-14)27-13-6-2-1-4-11(13)10-20-22-16(24)12-5-3-7-19-9-12/h1-10H,(H,22,24)(H,21,25,26)/b14-8+,20-10+. The number of amides is 3. The summed E-state index contributed by atoms with van der Waals surface area (Å²) in [6.07, 6.45) is 5.19. The molecule has 0 saturated carbocycles. The van der Waals surface area contributed by atoms with Crippen LogP contribution in [0, 0.1) is 0 Å². The summed E-state index contributed by atoms with van der Waals surface area (Å²) in [5.41, 5.74) is 3.10. The van der Waals surface area contributed by atoms with E-state index in [1.54, 1.807) is 36.5 Å². The van der Waals surface area contributed by atoms with E-state index in [2.05, 4.69) is 15.5 Å². The van der Waals surface area contributed by atoms with Crippen LogP contribution in [0.15, 0.2) is 64.9 Å². The Hall–Kier alpha value is -3.79. The van der Waals surface area contributed by atoms with Gasteiger partial charge in [-0.15, -0.1) is 0 Å². The van der Waals surface area contributed by atoms with Crippen molar-refractivity contribution in [2.75, 3.05) is 0 Å². The number of hydrogen-bond donors (Lipinski definition) is 2. The average molecular weight is 396 g/mol. The number of nitrogens with zero attached hydrogens (tertiary/aromatic N) is 2. The summed E-state index contributed by atoms with van der Waals surface area (Å²) < 4.78 is 5.20. The van der Waals surface area contributed by atoms with Gasteiger partial charge in [0.05, 0.1) is 16.7 Å². The predicted molar refractivity (Wildman–Crippen MR) is 101 cm³/mol. The fourth-order valence-electron chi connectivity index (χ4n) is 2.07. The molecule has 0 atom stereocenters. The molecule has 10 heteroatoms. The molecule has 0 bridgehead atoms. The summed E-state index contributed by atoms with van der Waals surface area (Å²) in [6.45, 7) is 0. The van der Waals surface area contributed by atoms with Crippen LogP contribution in [-0.2, 0) is 9.59 Å². The molecule has 2 heterocycles. The van der Waals surface area contributed by atoms with Gasteiger partial charge in [-0.05, 0) is 36.0 Å². The second-order valence-corrected chi connectivity index (χ2v) is 6.27. The van der Waals surface area contributed by atoms with Gasteiger partial charge in [0, 0.05) is 24.0 Å². The first-order valence-electron chi connectivity index (χ1n) is 7.82. The first-order valence-corrected chi connectivity index (χ1v) is 8.64. The van der Waals surface area contributed by atoms with Crippen molar-refractivity contribution in [1.29, 1.82) is 0 Å². The van der Waals surface area contributed by atoms with Gasteiger partial charge in [-0.3, -0.25) is 24.7 Å². The number of carbonyl (C=O) groups excluding carboxylic acids is 4. The summed E-state index contributed by atoms with van der Waals surface area (Å²) in [6, 6.07) is 9.69. The molecule has 0 aliphatic carbocycles. The van der Waals surface area contributed by atoms with Crippen molar-refractivity contribution >= 4 is 41.0 Å². The predicted octanol–water partition coefficient (Wildman–Crippen LogP) is 1.62. The van der Waals surface area contributed by atoms with Gasteiger partial charge < -0.3 is 4.74 Å². The third-order valence-corrected chi connectivity index (χ3v) is 4.12. The summed E-state index contributed by atoms with van der Waals surface area (Å²) in [4.78, 5) is 50.3. The largest absolute Gasteiger partial charge is 0.423 e. The van der Waals surface area contributed by atoms with Gasteiger partial charge in [0.1, 0.15) is 5.75 Å². The van der Waals surface area contributed by atoms with E-state index < -0.39 is 23.0 Å². The number of pyridine rings is 1. The number of nitrogens with one attached hydrogen (secondary N) is 2. The van der Waals surface area contributed by atoms with Crippen molar-refractivity contribution in [3.8, 4) is 5.75 Å². The SMILES string of the molecule is O=C(/C=C1/SC(=O)NC1=O)Oc1ccccc1/C=N/NC(=O)c1cccnc1. The maximum absolute atomic E-state index is 12.0. The van der Waals surface area contributed by atoms with Crippen molar-refractivity contribution in [2.45, 2.75) is 0 Å². The Kier molecular flexibility index (Phi) is 5.92.